The van der Waals surface area contributed by atoms with Crippen LogP contribution in [-0.2, 0) is 17.1 Å². The van der Waals surface area contributed by atoms with Crippen LogP contribution in [0.5, 0.6) is 5.75 Å². The summed E-state index contributed by atoms with van der Waals surface area (Å²) in [5, 5.41) is 1.08. The lowest BCUT2D eigenvalue weighted by atomic mass is 10.2. The van der Waals surface area contributed by atoms with Crippen molar-refractivity contribution in [1.29, 1.82) is 0 Å². The number of carbonyl (C=O) groups is 1. The van der Waals surface area contributed by atoms with Crippen LogP contribution in [-0.4, -0.2) is 30.7 Å². The summed E-state index contributed by atoms with van der Waals surface area (Å²) in [5.41, 5.74) is 2.04. The van der Waals surface area contributed by atoms with Crippen LogP contribution in [0.4, 0.5) is 0 Å². The zero-order valence-corrected chi connectivity index (χ0v) is 15.9. The predicted molar refractivity (Wildman–Crippen MR) is 102 cm³/mol. The predicted octanol–water partition coefficient (Wildman–Crippen LogP) is 4.89. The van der Waals surface area contributed by atoms with Crippen molar-refractivity contribution in [2.75, 3.05) is 19.9 Å². The smallest absolute Gasteiger partial charge is 0.232 e. The van der Waals surface area contributed by atoms with Crippen molar-refractivity contribution in [1.82, 2.24) is 4.90 Å². The zero-order valence-electron chi connectivity index (χ0n) is 13.6. The first kappa shape index (κ1) is 19.0. The van der Waals surface area contributed by atoms with E-state index in [2.05, 4.69) is 0 Å². The molecule has 128 valence electrons. The number of carbonyl (C=O) groups excluding carboxylic acids is 1. The second-order valence-electron chi connectivity index (χ2n) is 5.30. The van der Waals surface area contributed by atoms with Gasteiger partial charge in [0.25, 0.3) is 0 Å². The van der Waals surface area contributed by atoms with Gasteiger partial charge in [0.2, 0.25) is 5.91 Å². The molecule has 1 amide bonds. The van der Waals surface area contributed by atoms with Crippen molar-refractivity contribution in [2.24, 2.45) is 0 Å². The Morgan fingerprint density at radius 1 is 1.17 bits per heavy atom. The average Bonchev–Trinajstić information content (AvgIpc) is 2.58. The van der Waals surface area contributed by atoms with E-state index in [9.17, 15) is 4.79 Å². The van der Waals surface area contributed by atoms with Crippen molar-refractivity contribution in [3.05, 3.63) is 63.6 Å². The molecule has 0 fully saturated rings. The van der Waals surface area contributed by atoms with Gasteiger partial charge in [-0.25, -0.2) is 0 Å². The maximum absolute atomic E-state index is 12.3. The fraction of sp³-hybridized carbons (Fsp3) is 0.278. The molecule has 0 saturated carbocycles. The maximum Gasteiger partial charge on any atom is 0.232 e. The Morgan fingerprint density at radius 3 is 2.62 bits per heavy atom. The highest BCUT2D eigenvalue weighted by atomic mass is 35.5. The molecule has 0 heterocycles. The molecule has 2 aromatic rings. The second kappa shape index (κ2) is 9.21. The molecular formula is C18H19Cl2NO2S. The van der Waals surface area contributed by atoms with Gasteiger partial charge in [0.05, 0.1) is 22.9 Å². The van der Waals surface area contributed by atoms with Gasteiger partial charge in [-0.15, -0.1) is 11.8 Å². The van der Waals surface area contributed by atoms with Gasteiger partial charge in [-0.1, -0.05) is 47.5 Å². The van der Waals surface area contributed by atoms with Gasteiger partial charge in [-0.05, 0) is 23.8 Å². The third-order valence-corrected chi connectivity index (χ3v) is 5.23. The molecule has 0 unspecified atom stereocenters. The molecule has 0 aromatic heterocycles. The Morgan fingerprint density at radius 2 is 1.92 bits per heavy atom. The van der Waals surface area contributed by atoms with Crippen LogP contribution in [0, 0.1) is 0 Å². The second-order valence-corrected chi connectivity index (χ2v) is 7.10. The number of hydrogen-bond donors (Lipinski definition) is 0. The number of para-hydroxylation sites is 1. The number of amides is 1. The molecule has 0 aliphatic carbocycles. The van der Waals surface area contributed by atoms with Gasteiger partial charge in [0.15, 0.2) is 0 Å². The number of nitrogens with zero attached hydrogens (tertiary/aromatic N) is 1. The van der Waals surface area contributed by atoms with Crippen LogP contribution < -0.4 is 4.74 Å². The summed E-state index contributed by atoms with van der Waals surface area (Å²) >= 11 is 13.4. The van der Waals surface area contributed by atoms with Crippen molar-refractivity contribution in [3.8, 4) is 5.75 Å². The Hall–Kier alpha value is -1.36. The van der Waals surface area contributed by atoms with E-state index >= 15 is 0 Å². The van der Waals surface area contributed by atoms with Gasteiger partial charge < -0.3 is 9.64 Å². The molecule has 0 bridgehead atoms. The van der Waals surface area contributed by atoms with E-state index in [0.717, 1.165) is 16.9 Å². The average molecular weight is 384 g/mol. The molecule has 0 radical (unpaired) electrons. The van der Waals surface area contributed by atoms with E-state index in [4.69, 9.17) is 27.9 Å². The van der Waals surface area contributed by atoms with Gasteiger partial charge in [-0.2, -0.15) is 0 Å². The molecule has 2 aromatic carbocycles. The molecule has 6 heteroatoms. The summed E-state index contributed by atoms with van der Waals surface area (Å²) < 4.78 is 5.32. The van der Waals surface area contributed by atoms with E-state index < -0.39 is 0 Å². The minimum Gasteiger partial charge on any atom is -0.496 e. The maximum atomic E-state index is 12.3. The summed E-state index contributed by atoms with van der Waals surface area (Å²) in [6.45, 7) is 0.524. The van der Waals surface area contributed by atoms with Crippen LogP contribution in [0.15, 0.2) is 42.5 Å². The van der Waals surface area contributed by atoms with Crippen molar-refractivity contribution < 1.29 is 9.53 Å². The number of ether oxygens (including phenoxy) is 1. The molecule has 0 aliphatic rings. The largest absolute Gasteiger partial charge is 0.496 e. The van der Waals surface area contributed by atoms with Crippen molar-refractivity contribution >= 4 is 40.9 Å². The first-order valence-corrected chi connectivity index (χ1v) is 9.30. The molecule has 3 nitrogen and oxygen atoms in total. The van der Waals surface area contributed by atoms with E-state index in [-0.39, 0.29) is 5.91 Å². The Balaban J connectivity index is 1.84. The monoisotopic (exact) mass is 383 g/mol. The molecular weight excluding hydrogens is 365 g/mol. The number of methoxy groups -OCH3 is 1. The lowest BCUT2D eigenvalue weighted by Gasteiger charge is -2.18. The summed E-state index contributed by atoms with van der Waals surface area (Å²) in [5.74, 6) is 1.99. The van der Waals surface area contributed by atoms with E-state index in [1.807, 2.05) is 36.4 Å². The van der Waals surface area contributed by atoms with E-state index in [1.54, 1.807) is 36.9 Å². The lowest BCUT2D eigenvalue weighted by molar-refractivity contribution is -0.127. The minimum atomic E-state index is 0.0750. The van der Waals surface area contributed by atoms with Gasteiger partial charge in [0.1, 0.15) is 5.75 Å². The fourth-order valence-corrected chi connectivity index (χ4v) is 3.41. The van der Waals surface area contributed by atoms with Crippen LogP contribution >= 0.6 is 35.0 Å². The van der Waals surface area contributed by atoms with Crippen LogP contribution in [0.2, 0.25) is 10.0 Å². The summed E-state index contributed by atoms with van der Waals surface area (Å²) in [6.07, 6.45) is 0. The molecule has 0 aliphatic heterocycles. The highest BCUT2D eigenvalue weighted by molar-refractivity contribution is 7.99. The van der Waals surface area contributed by atoms with E-state index in [0.29, 0.717) is 28.1 Å². The Kier molecular flexibility index (Phi) is 7.28. The standard InChI is InChI=1S/C18H19Cl2NO2S/c1-21(10-14-5-3-4-6-17(14)23-2)18(22)12-24-11-13-7-8-15(19)16(20)9-13/h3-9H,10-12H2,1-2H3. The summed E-state index contributed by atoms with van der Waals surface area (Å²) in [6, 6.07) is 13.2. The number of rotatable bonds is 7. The molecule has 0 spiro atoms. The normalized spacial score (nSPS) is 10.5. The van der Waals surface area contributed by atoms with Crippen LogP contribution in [0.3, 0.4) is 0 Å². The lowest BCUT2D eigenvalue weighted by Crippen LogP contribution is -2.28. The summed E-state index contributed by atoms with van der Waals surface area (Å²) in [7, 11) is 3.43. The number of benzene rings is 2. The van der Waals surface area contributed by atoms with Gasteiger partial charge in [-0.3, -0.25) is 4.79 Å². The quantitative estimate of drug-likeness (QED) is 0.681. The van der Waals surface area contributed by atoms with E-state index in [1.165, 1.54) is 0 Å². The molecule has 0 N–H and O–H groups in total. The van der Waals surface area contributed by atoms with Gasteiger partial charge in [0, 0.05) is 24.9 Å². The SMILES string of the molecule is COc1ccccc1CN(C)C(=O)CSCc1ccc(Cl)c(Cl)c1. The number of thioether (sulfide) groups is 1. The van der Waals surface area contributed by atoms with Gasteiger partial charge >= 0.3 is 0 Å². The zero-order chi connectivity index (χ0) is 17.5. The third kappa shape index (κ3) is 5.33. The Bertz CT molecular complexity index is 709. The minimum absolute atomic E-state index is 0.0750. The van der Waals surface area contributed by atoms with Crippen molar-refractivity contribution in [3.63, 3.8) is 0 Å². The topological polar surface area (TPSA) is 29.5 Å². The Labute approximate surface area is 156 Å². The summed E-state index contributed by atoms with van der Waals surface area (Å²) in [4.78, 5) is 14.0. The third-order valence-electron chi connectivity index (χ3n) is 3.50. The first-order chi connectivity index (χ1) is 11.5. The number of halogens is 2. The molecule has 24 heavy (non-hydrogen) atoms. The highest BCUT2D eigenvalue weighted by Gasteiger charge is 2.12. The van der Waals surface area contributed by atoms with Crippen LogP contribution in [0.25, 0.3) is 0 Å². The highest BCUT2D eigenvalue weighted by Crippen LogP contribution is 2.25. The number of hydrogen-bond acceptors (Lipinski definition) is 3. The molecule has 0 atom stereocenters. The van der Waals surface area contributed by atoms with Crippen LogP contribution in [0.1, 0.15) is 11.1 Å². The molecule has 0 saturated heterocycles. The fourth-order valence-electron chi connectivity index (χ4n) is 2.17. The molecule has 2 rings (SSSR count). The first-order valence-electron chi connectivity index (χ1n) is 7.38. The van der Waals surface area contributed by atoms with Crippen molar-refractivity contribution in [2.45, 2.75) is 12.3 Å².